The van der Waals surface area contributed by atoms with E-state index in [9.17, 15) is 9.59 Å². The first-order valence-corrected chi connectivity index (χ1v) is 9.65. The van der Waals surface area contributed by atoms with Gasteiger partial charge in [0.15, 0.2) is 23.9 Å². The van der Waals surface area contributed by atoms with Crippen LogP contribution in [0, 0.1) is 5.92 Å². The van der Waals surface area contributed by atoms with E-state index in [2.05, 4.69) is 0 Å². The minimum Gasteiger partial charge on any atom is -0.493 e. The van der Waals surface area contributed by atoms with E-state index in [-0.39, 0.29) is 18.3 Å². The summed E-state index contributed by atoms with van der Waals surface area (Å²) < 4.78 is 22.0. The van der Waals surface area contributed by atoms with Gasteiger partial charge in [-0.15, -0.1) is 0 Å². The monoisotopic (exact) mass is 398 g/mol. The summed E-state index contributed by atoms with van der Waals surface area (Å²) in [7, 11) is 3.06. The highest BCUT2D eigenvalue weighted by atomic mass is 16.6. The minimum absolute atomic E-state index is 0.141. The lowest BCUT2D eigenvalue weighted by Gasteiger charge is -2.19. The number of carbonyl (C=O) groups is 2. The van der Waals surface area contributed by atoms with Crippen molar-refractivity contribution in [1.82, 2.24) is 0 Å². The molecule has 0 bridgehead atoms. The average Bonchev–Trinajstić information content (AvgIpc) is 3.11. The van der Waals surface area contributed by atoms with E-state index in [1.165, 1.54) is 14.2 Å². The van der Waals surface area contributed by atoms with Crippen LogP contribution >= 0.6 is 0 Å². The minimum atomic E-state index is -0.456. The molecule has 154 valence electrons. The maximum atomic E-state index is 12.2. The summed E-state index contributed by atoms with van der Waals surface area (Å²) in [6, 6.07) is 9.29. The summed E-state index contributed by atoms with van der Waals surface area (Å²) in [5, 5.41) is 0. The number of ether oxygens (including phenoxy) is 4. The SMILES string of the molecule is COc1ccc(-c2cccc3c2CCC3=O)c(OCC(=O)OCC(C)C)c1OC. The Labute approximate surface area is 170 Å². The number of Topliss-reactive ketones (excluding diaryl/α,β-unsaturated/α-hetero) is 1. The van der Waals surface area contributed by atoms with Gasteiger partial charge in [0.2, 0.25) is 5.75 Å². The molecule has 0 fully saturated rings. The number of methoxy groups -OCH3 is 2. The molecule has 0 N–H and O–H groups in total. The van der Waals surface area contributed by atoms with Crippen molar-refractivity contribution in [2.75, 3.05) is 27.4 Å². The Bertz CT molecular complexity index is 916. The summed E-state index contributed by atoms with van der Waals surface area (Å²) in [6.07, 6.45) is 1.17. The zero-order valence-electron chi connectivity index (χ0n) is 17.2. The normalized spacial score (nSPS) is 12.7. The van der Waals surface area contributed by atoms with Crippen LogP contribution in [-0.4, -0.2) is 39.2 Å². The molecule has 0 atom stereocenters. The number of benzene rings is 2. The molecule has 6 heteroatoms. The maximum Gasteiger partial charge on any atom is 0.344 e. The molecule has 1 aliphatic rings. The lowest BCUT2D eigenvalue weighted by atomic mass is 9.95. The molecule has 0 saturated carbocycles. The van der Waals surface area contributed by atoms with Crippen molar-refractivity contribution < 1.29 is 28.5 Å². The molecule has 29 heavy (non-hydrogen) atoms. The van der Waals surface area contributed by atoms with Crippen LogP contribution < -0.4 is 14.2 Å². The summed E-state index contributed by atoms with van der Waals surface area (Å²) in [5.41, 5.74) is 3.35. The summed E-state index contributed by atoms with van der Waals surface area (Å²) in [4.78, 5) is 24.3. The molecule has 0 aromatic heterocycles. The Hall–Kier alpha value is -3.02. The smallest absolute Gasteiger partial charge is 0.344 e. The van der Waals surface area contributed by atoms with Crippen LogP contribution in [-0.2, 0) is 16.0 Å². The van der Waals surface area contributed by atoms with Gasteiger partial charge in [0, 0.05) is 17.5 Å². The van der Waals surface area contributed by atoms with Crippen molar-refractivity contribution in [2.24, 2.45) is 5.92 Å². The van der Waals surface area contributed by atoms with E-state index < -0.39 is 5.97 Å². The quantitative estimate of drug-likeness (QED) is 0.624. The Morgan fingerprint density at radius 3 is 2.41 bits per heavy atom. The second-order valence-electron chi connectivity index (χ2n) is 7.30. The maximum absolute atomic E-state index is 12.2. The topological polar surface area (TPSA) is 71.1 Å². The first-order chi connectivity index (χ1) is 14.0. The van der Waals surface area contributed by atoms with Crippen molar-refractivity contribution in [3.05, 3.63) is 41.5 Å². The Kier molecular flexibility index (Phi) is 6.42. The third-order valence-corrected chi connectivity index (χ3v) is 4.78. The van der Waals surface area contributed by atoms with Crippen LogP contribution in [0.4, 0.5) is 0 Å². The van der Waals surface area contributed by atoms with Crippen molar-refractivity contribution >= 4 is 11.8 Å². The van der Waals surface area contributed by atoms with E-state index in [0.717, 1.165) is 22.3 Å². The molecule has 0 radical (unpaired) electrons. The molecule has 0 unspecified atom stereocenters. The number of ketones is 1. The van der Waals surface area contributed by atoms with Crippen molar-refractivity contribution in [3.63, 3.8) is 0 Å². The molecule has 6 nitrogen and oxygen atoms in total. The van der Waals surface area contributed by atoms with Crippen LogP contribution in [0.1, 0.15) is 36.2 Å². The van der Waals surface area contributed by atoms with Gasteiger partial charge in [0.25, 0.3) is 0 Å². The van der Waals surface area contributed by atoms with Gasteiger partial charge in [-0.2, -0.15) is 0 Å². The predicted octanol–water partition coefficient (Wildman–Crippen LogP) is 4.08. The first-order valence-electron chi connectivity index (χ1n) is 9.65. The van der Waals surface area contributed by atoms with E-state index in [1.54, 1.807) is 6.07 Å². The number of carbonyl (C=O) groups excluding carboxylic acids is 2. The Morgan fingerprint density at radius 1 is 0.966 bits per heavy atom. The van der Waals surface area contributed by atoms with Gasteiger partial charge in [0.05, 0.1) is 20.8 Å². The number of hydrogen-bond donors (Lipinski definition) is 0. The summed E-state index contributed by atoms with van der Waals surface area (Å²) in [5.74, 6) is 1.20. The number of esters is 1. The highest BCUT2D eigenvalue weighted by Crippen LogP contribution is 2.46. The summed E-state index contributed by atoms with van der Waals surface area (Å²) in [6.45, 7) is 4.01. The largest absolute Gasteiger partial charge is 0.493 e. The summed E-state index contributed by atoms with van der Waals surface area (Å²) >= 11 is 0. The molecular weight excluding hydrogens is 372 g/mol. The zero-order chi connectivity index (χ0) is 21.0. The Balaban J connectivity index is 2.00. The zero-order valence-corrected chi connectivity index (χ0v) is 17.2. The van der Waals surface area contributed by atoms with Gasteiger partial charge in [-0.1, -0.05) is 32.0 Å². The second kappa shape index (κ2) is 8.99. The van der Waals surface area contributed by atoms with Crippen molar-refractivity contribution in [3.8, 4) is 28.4 Å². The van der Waals surface area contributed by atoms with E-state index >= 15 is 0 Å². The van der Waals surface area contributed by atoms with Gasteiger partial charge in [-0.05, 0) is 35.6 Å². The standard InChI is InChI=1S/C23H26O6/c1-14(2)12-28-21(25)13-29-22-18(9-11-20(26-3)23(22)27-4)15-6-5-7-17-16(15)8-10-19(17)24/h5-7,9,11,14H,8,10,12-13H2,1-4H3. The lowest BCUT2D eigenvalue weighted by molar-refractivity contribution is -0.147. The van der Waals surface area contributed by atoms with Gasteiger partial charge in [-0.25, -0.2) is 4.79 Å². The predicted molar refractivity (Wildman–Crippen MR) is 109 cm³/mol. The molecule has 2 aromatic rings. The molecule has 0 amide bonds. The molecule has 0 spiro atoms. The van der Waals surface area contributed by atoms with E-state index in [0.29, 0.717) is 36.7 Å². The number of fused-ring (bicyclic) bond motifs is 1. The average molecular weight is 398 g/mol. The van der Waals surface area contributed by atoms with Crippen LogP contribution in [0.5, 0.6) is 17.2 Å². The first kappa shape index (κ1) is 20.7. The van der Waals surface area contributed by atoms with Crippen LogP contribution in [0.3, 0.4) is 0 Å². The molecular formula is C23H26O6. The fourth-order valence-electron chi connectivity index (χ4n) is 3.43. The fraction of sp³-hybridized carbons (Fsp3) is 0.391. The third-order valence-electron chi connectivity index (χ3n) is 4.78. The molecule has 0 aliphatic heterocycles. The van der Waals surface area contributed by atoms with E-state index in [4.69, 9.17) is 18.9 Å². The lowest BCUT2D eigenvalue weighted by Crippen LogP contribution is -2.18. The molecule has 3 rings (SSSR count). The van der Waals surface area contributed by atoms with Gasteiger partial charge in [0.1, 0.15) is 0 Å². The number of rotatable bonds is 8. The molecule has 0 saturated heterocycles. The van der Waals surface area contributed by atoms with Gasteiger partial charge in [-0.3, -0.25) is 4.79 Å². The van der Waals surface area contributed by atoms with Gasteiger partial charge >= 0.3 is 5.97 Å². The van der Waals surface area contributed by atoms with Crippen LogP contribution in [0.25, 0.3) is 11.1 Å². The Morgan fingerprint density at radius 2 is 1.72 bits per heavy atom. The fourth-order valence-corrected chi connectivity index (χ4v) is 3.43. The molecule has 0 heterocycles. The van der Waals surface area contributed by atoms with Gasteiger partial charge < -0.3 is 18.9 Å². The van der Waals surface area contributed by atoms with Crippen LogP contribution in [0.15, 0.2) is 30.3 Å². The third kappa shape index (κ3) is 4.36. The second-order valence-corrected chi connectivity index (χ2v) is 7.30. The van der Waals surface area contributed by atoms with Crippen molar-refractivity contribution in [1.29, 1.82) is 0 Å². The number of hydrogen-bond acceptors (Lipinski definition) is 6. The molecule has 2 aromatic carbocycles. The molecule has 1 aliphatic carbocycles. The highest BCUT2D eigenvalue weighted by molar-refractivity contribution is 6.02. The van der Waals surface area contributed by atoms with Crippen LogP contribution in [0.2, 0.25) is 0 Å². The van der Waals surface area contributed by atoms with E-state index in [1.807, 2.05) is 38.1 Å². The van der Waals surface area contributed by atoms with Crippen molar-refractivity contribution in [2.45, 2.75) is 26.7 Å². The highest BCUT2D eigenvalue weighted by Gasteiger charge is 2.26.